The van der Waals surface area contributed by atoms with Crippen LogP contribution in [0, 0.1) is 18.3 Å². The molecule has 1 spiro atoms. The molecule has 1 aliphatic carbocycles. The molecule has 42 heavy (non-hydrogen) atoms. The van der Waals surface area contributed by atoms with Gasteiger partial charge in [0.2, 0.25) is 0 Å². The summed E-state index contributed by atoms with van der Waals surface area (Å²) in [6, 6.07) is 1.22. The number of hydrogen-bond acceptors (Lipinski definition) is 8. The van der Waals surface area contributed by atoms with E-state index < -0.39 is 24.3 Å². The first kappa shape index (κ1) is 32.4. The van der Waals surface area contributed by atoms with Crippen molar-refractivity contribution in [3.8, 4) is 11.5 Å². The van der Waals surface area contributed by atoms with Crippen molar-refractivity contribution in [2.75, 3.05) is 0 Å². The number of carbonyl (C=O) groups is 1. The number of ether oxygens (including phenoxy) is 2. The van der Waals surface area contributed by atoms with E-state index in [0.29, 0.717) is 30.4 Å². The van der Waals surface area contributed by atoms with Crippen molar-refractivity contribution in [1.29, 1.82) is 0 Å². The molecule has 7 atom stereocenters. The number of esters is 1. The Kier molecular flexibility index (Phi) is 10.3. The van der Waals surface area contributed by atoms with E-state index in [0.717, 1.165) is 56.2 Å². The lowest BCUT2D eigenvalue weighted by Gasteiger charge is -2.43. The fourth-order valence-electron chi connectivity index (χ4n) is 6.84. The number of aromatic hydroxyl groups is 2. The molecule has 1 aromatic rings. The summed E-state index contributed by atoms with van der Waals surface area (Å²) in [5.74, 6) is -1.35. The first-order chi connectivity index (χ1) is 19.9. The highest BCUT2D eigenvalue weighted by Crippen LogP contribution is 2.58. The molecule has 8 heteroatoms. The van der Waals surface area contributed by atoms with E-state index in [1.807, 2.05) is 26.8 Å². The minimum absolute atomic E-state index is 0.0417. The van der Waals surface area contributed by atoms with Gasteiger partial charge in [-0.3, -0.25) is 0 Å². The summed E-state index contributed by atoms with van der Waals surface area (Å²) in [6.07, 6.45) is 8.04. The van der Waals surface area contributed by atoms with Crippen molar-refractivity contribution in [3.05, 3.63) is 46.7 Å². The lowest BCUT2D eigenvalue weighted by molar-refractivity contribution is -0.129. The highest BCUT2D eigenvalue weighted by atomic mass is 16.5. The van der Waals surface area contributed by atoms with Gasteiger partial charge >= 0.3 is 5.97 Å². The Labute approximate surface area is 250 Å². The average Bonchev–Trinajstić information content (AvgIpc) is 3.73. The third-order valence-corrected chi connectivity index (χ3v) is 9.94. The zero-order valence-corrected chi connectivity index (χ0v) is 26.0. The second-order valence-electron chi connectivity index (χ2n) is 13.1. The van der Waals surface area contributed by atoms with E-state index in [1.54, 1.807) is 6.92 Å². The number of phenolic OH excluding ortho intramolecular Hbond substituents is 2. The highest BCUT2D eigenvalue weighted by Gasteiger charge is 2.54. The van der Waals surface area contributed by atoms with Gasteiger partial charge in [-0.25, -0.2) is 4.79 Å². The Hall–Kier alpha value is -2.55. The molecule has 234 valence electrons. The molecule has 0 aromatic heterocycles. The van der Waals surface area contributed by atoms with E-state index in [9.17, 15) is 25.2 Å². The Morgan fingerprint density at radius 3 is 2.52 bits per heavy atom. The van der Waals surface area contributed by atoms with E-state index >= 15 is 0 Å². The molecule has 2 aliphatic heterocycles. The fourth-order valence-corrected chi connectivity index (χ4v) is 6.84. The smallest absolute Gasteiger partial charge is 0.342 e. The van der Waals surface area contributed by atoms with Gasteiger partial charge in [0.25, 0.3) is 0 Å². The van der Waals surface area contributed by atoms with Gasteiger partial charge in [0.05, 0.1) is 30.5 Å². The highest BCUT2D eigenvalue weighted by molar-refractivity contribution is 5.96. The van der Waals surface area contributed by atoms with E-state index in [-0.39, 0.29) is 46.6 Å². The number of rotatable bonds is 13. The Bertz CT molecular complexity index is 1170. The number of aliphatic hydroxyl groups is 2. The van der Waals surface area contributed by atoms with Crippen LogP contribution in [0.4, 0.5) is 0 Å². The van der Waals surface area contributed by atoms with Crippen LogP contribution >= 0.6 is 0 Å². The van der Waals surface area contributed by atoms with Crippen molar-refractivity contribution < 1.29 is 34.7 Å². The van der Waals surface area contributed by atoms with Crippen LogP contribution in [0.5, 0.6) is 11.5 Å². The van der Waals surface area contributed by atoms with Gasteiger partial charge in [-0.1, -0.05) is 31.9 Å². The first-order valence-electron chi connectivity index (χ1n) is 15.7. The first-order valence-corrected chi connectivity index (χ1v) is 15.7. The minimum atomic E-state index is -0.760. The van der Waals surface area contributed by atoms with Gasteiger partial charge in [0.1, 0.15) is 23.2 Å². The largest absolute Gasteiger partial charge is 0.508 e. The monoisotopic (exact) mass is 585 g/mol. The minimum Gasteiger partial charge on any atom is -0.508 e. The van der Waals surface area contributed by atoms with Crippen molar-refractivity contribution in [2.24, 2.45) is 11.3 Å². The maximum Gasteiger partial charge on any atom is 0.342 e. The summed E-state index contributed by atoms with van der Waals surface area (Å²) in [6.45, 7) is 13.6. The van der Waals surface area contributed by atoms with Gasteiger partial charge < -0.3 is 35.2 Å². The third-order valence-electron chi connectivity index (χ3n) is 9.94. The Balaban J connectivity index is 1.44. The van der Waals surface area contributed by atoms with Gasteiger partial charge in [0.15, 0.2) is 0 Å². The molecular formula is C34H51NO7. The number of fused-ring (bicyclic) bond motifs is 1. The van der Waals surface area contributed by atoms with Crippen molar-refractivity contribution in [2.45, 2.75) is 135 Å². The summed E-state index contributed by atoms with van der Waals surface area (Å²) >= 11 is 0. The lowest BCUT2D eigenvalue weighted by atomic mass is 9.80. The van der Waals surface area contributed by atoms with Crippen LogP contribution in [-0.4, -0.2) is 63.0 Å². The fraction of sp³-hybridized carbons (Fsp3) is 0.676. The number of cyclic esters (lactones) is 1. The number of hydrogen-bond donors (Lipinski definition) is 5. The molecule has 3 aliphatic rings. The zero-order chi connectivity index (χ0) is 30.8. The maximum atomic E-state index is 12.8. The van der Waals surface area contributed by atoms with Crippen LogP contribution in [0.2, 0.25) is 0 Å². The number of allylic oxidation sites excluding steroid dienone is 2. The molecule has 1 saturated carbocycles. The van der Waals surface area contributed by atoms with Crippen molar-refractivity contribution in [3.63, 3.8) is 0 Å². The van der Waals surface area contributed by atoms with E-state index in [4.69, 9.17) is 9.47 Å². The molecule has 0 bridgehead atoms. The summed E-state index contributed by atoms with van der Waals surface area (Å²) in [4.78, 5) is 12.8. The molecule has 0 amide bonds. The van der Waals surface area contributed by atoms with E-state index in [1.165, 1.54) is 6.07 Å². The molecule has 2 heterocycles. The van der Waals surface area contributed by atoms with Crippen LogP contribution in [0.15, 0.2) is 30.0 Å². The molecule has 5 N–H and O–H groups in total. The number of carbonyl (C=O) groups excluding carboxylic acids is 1. The molecule has 8 nitrogen and oxygen atoms in total. The summed E-state index contributed by atoms with van der Waals surface area (Å²) < 4.78 is 12.5. The van der Waals surface area contributed by atoms with Crippen LogP contribution < -0.4 is 5.32 Å². The summed E-state index contributed by atoms with van der Waals surface area (Å²) in [5.41, 5.74) is 3.16. The molecule has 4 rings (SSSR count). The molecular weight excluding hydrogens is 534 g/mol. The van der Waals surface area contributed by atoms with Gasteiger partial charge in [-0.2, -0.15) is 0 Å². The molecule has 1 aromatic carbocycles. The predicted octanol–water partition coefficient (Wildman–Crippen LogP) is 5.58. The summed E-state index contributed by atoms with van der Waals surface area (Å²) in [5, 5.41) is 46.4. The average molecular weight is 586 g/mol. The SMILES string of the molecule is C=C(C)CCC(O)/C(=C/C)NC(CCC)[C@@H]1CCC2(CC2)C(C[C@H](O)[C@@H](C)[C@H]2Cc3c(C)c(O)cc(O)c3C(=O)O2)O1. The van der Waals surface area contributed by atoms with Crippen molar-refractivity contribution >= 4 is 5.97 Å². The standard InChI is InChI=1S/C34H51NO7/c1-7-9-24(35-23(8-2)25(36)11-10-19(3)4)29-12-13-34(14-15-34)31(41-29)18-27(38)21(6)30-16-22-20(5)26(37)17-28(39)32(22)33(40)42-30/h8,17,21,24-25,27,29-31,35-39H,3,7,9-16,18H2,1-2,4-6H3/b23-8-/t21-,24?,25?,27+,29+,30-,31?/m1/s1. The number of nitrogens with one attached hydrogen (secondary N) is 1. The van der Waals surface area contributed by atoms with Crippen LogP contribution in [0.3, 0.4) is 0 Å². The van der Waals surface area contributed by atoms with Gasteiger partial charge in [-0.05, 0) is 82.3 Å². The molecule has 0 radical (unpaired) electrons. The van der Waals surface area contributed by atoms with Crippen LogP contribution in [-0.2, 0) is 15.9 Å². The van der Waals surface area contributed by atoms with Gasteiger partial charge in [0, 0.05) is 30.5 Å². The molecule has 1 saturated heterocycles. The number of phenols is 2. The van der Waals surface area contributed by atoms with Crippen molar-refractivity contribution in [1.82, 2.24) is 5.32 Å². The third kappa shape index (κ3) is 6.98. The second-order valence-corrected chi connectivity index (χ2v) is 13.1. The maximum absolute atomic E-state index is 12.8. The normalized spacial score (nSPS) is 26.1. The van der Waals surface area contributed by atoms with Crippen LogP contribution in [0.25, 0.3) is 0 Å². The topological polar surface area (TPSA) is 128 Å². The number of aliphatic hydroxyl groups excluding tert-OH is 2. The van der Waals surface area contributed by atoms with Gasteiger partial charge in [-0.15, -0.1) is 6.58 Å². The zero-order valence-electron chi connectivity index (χ0n) is 26.0. The Morgan fingerprint density at radius 2 is 1.90 bits per heavy atom. The van der Waals surface area contributed by atoms with E-state index in [2.05, 4.69) is 18.8 Å². The predicted molar refractivity (Wildman–Crippen MR) is 162 cm³/mol. The second kappa shape index (κ2) is 13.4. The molecule has 2 fully saturated rings. The number of benzene rings is 1. The van der Waals surface area contributed by atoms with Crippen LogP contribution in [0.1, 0.15) is 107 Å². The Morgan fingerprint density at radius 1 is 1.19 bits per heavy atom. The summed E-state index contributed by atoms with van der Waals surface area (Å²) in [7, 11) is 0. The molecule has 3 unspecified atom stereocenters. The quantitative estimate of drug-likeness (QED) is 0.150. The lowest BCUT2D eigenvalue weighted by Crippen LogP contribution is -2.50.